The second-order valence-electron chi connectivity index (χ2n) is 5.38. The van der Waals surface area contributed by atoms with Crippen LogP contribution in [-0.2, 0) is 4.79 Å². The Morgan fingerprint density at radius 1 is 1.17 bits per heavy atom. The first-order valence-electron chi connectivity index (χ1n) is 7.15. The van der Waals surface area contributed by atoms with Crippen LogP contribution in [0.1, 0.15) is 16.5 Å². The molecule has 1 atom stereocenters. The standard InChI is InChI=1S/C17H14F3NO2S/c1-9-3-4-11(18)7-14(9)21-15(22)8-24-17(21)10-5-12(19)16(23-2)13(20)6-10/h3-7,17H,8H2,1-2H3. The highest BCUT2D eigenvalue weighted by atomic mass is 32.2. The van der Waals surface area contributed by atoms with Crippen molar-refractivity contribution in [3.05, 3.63) is 58.9 Å². The molecule has 0 spiro atoms. The topological polar surface area (TPSA) is 29.5 Å². The molecule has 0 N–H and O–H groups in total. The monoisotopic (exact) mass is 353 g/mol. The second-order valence-corrected chi connectivity index (χ2v) is 6.44. The van der Waals surface area contributed by atoms with Gasteiger partial charge in [-0.3, -0.25) is 9.69 Å². The van der Waals surface area contributed by atoms with E-state index < -0.39 is 28.6 Å². The van der Waals surface area contributed by atoms with Crippen LogP contribution in [0.5, 0.6) is 5.75 Å². The molecule has 0 aromatic heterocycles. The van der Waals surface area contributed by atoms with Crippen molar-refractivity contribution in [2.75, 3.05) is 17.8 Å². The average Bonchev–Trinajstić information content (AvgIpc) is 2.91. The van der Waals surface area contributed by atoms with Gasteiger partial charge in [0.05, 0.1) is 18.6 Å². The number of methoxy groups -OCH3 is 1. The van der Waals surface area contributed by atoms with Crippen LogP contribution in [0.25, 0.3) is 0 Å². The Kier molecular flexibility index (Phi) is 4.45. The number of benzene rings is 2. The van der Waals surface area contributed by atoms with Gasteiger partial charge in [0.25, 0.3) is 0 Å². The summed E-state index contributed by atoms with van der Waals surface area (Å²) in [6, 6.07) is 6.39. The lowest BCUT2D eigenvalue weighted by molar-refractivity contribution is -0.115. The molecule has 1 amide bonds. The zero-order chi connectivity index (χ0) is 17.4. The molecule has 126 valence electrons. The van der Waals surface area contributed by atoms with Gasteiger partial charge < -0.3 is 4.74 Å². The fourth-order valence-electron chi connectivity index (χ4n) is 2.69. The molecule has 7 heteroatoms. The van der Waals surface area contributed by atoms with Gasteiger partial charge >= 0.3 is 0 Å². The summed E-state index contributed by atoms with van der Waals surface area (Å²) in [6.07, 6.45) is 0. The molecular weight excluding hydrogens is 339 g/mol. The molecule has 0 saturated carbocycles. The first-order valence-corrected chi connectivity index (χ1v) is 8.20. The van der Waals surface area contributed by atoms with E-state index in [4.69, 9.17) is 0 Å². The number of ether oxygens (including phenoxy) is 1. The molecule has 0 aliphatic carbocycles. The number of hydrogen-bond donors (Lipinski definition) is 0. The second kappa shape index (κ2) is 6.39. The molecule has 2 aromatic carbocycles. The predicted molar refractivity (Wildman–Crippen MR) is 86.7 cm³/mol. The summed E-state index contributed by atoms with van der Waals surface area (Å²) in [7, 11) is 1.18. The molecule has 1 heterocycles. The van der Waals surface area contributed by atoms with E-state index >= 15 is 0 Å². The average molecular weight is 353 g/mol. The lowest BCUT2D eigenvalue weighted by Crippen LogP contribution is -2.28. The number of thioether (sulfide) groups is 1. The van der Waals surface area contributed by atoms with Crippen LogP contribution >= 0.6 is 11.8 Å². The molecular formula is C17H14F3NO2S. The maximum Gasteiger partial charge on any atom is 0.238 e. The summed E-state index contributed by atoms with van der Waals surface area (Å²) in [5.41, 5.74) is 1.38. The summed E-state index contributed by atoms with van der Waals surface area (Å²) in [5, 5.41) is -0.632. The summed E-state index contributed by atoms with van der Waals surface area (Å²) < 4.78 is 46.3. The van der Waals surface area contributed by atoms with Crippen molar-refractivity contribution in [3.8, 4) is 5.75 Å². The molecule has 24 heavy (non-hydrogen) atoms. The Morgan fingerprint density at radius 3 is 2.46 bits per heavy atom. The lowest BCUT2D eigenvalue weighted by Gasteiger charge is -2.26. The van der Waals surface area contributed by atoms with Gasteiger partial charge in [0.15, 0.2) is 17.4 Å². The van der Waals surface area contributed by atoms with Gasteiger partial charge in [0.2, 0.25) is 5.91 Å². The van der Waals surface area contributed by atoms with Gasteiger partial charge in [-0.1, -0.05) is 6.07 Å². The molecule has 1 aliphatic rings. The van der Waals surface area contributed by atoms with E-state index in [0.717, 1.165) is 12.1 Å². The molecule has 2 aromatic rings. The van der Waals surface area contributed by atoms with Gasteiger partial charge in [0, 0.05) is 0 Å². The molecule has 1 saturated heterocycles. The molecule has 1 aliphatic heterocycles. The van der Waals surface area contributed by atoms with E-state index in [1.54, 1.807) is 13.0 Å². The number of rotatable bonds is 3. The Labute approximate surface area is 141 Å². The van der Waals surface area contributed by atoms with Gasteiger partial charge in [-0.15, -0.1) is 11.8 Å². The fourth-order valence-corrected chi connectivity index (χ4v) is 3.84. The molecule has 1 unspecified atom stereocenters. The zero-order valence-electron chi connectivity index (χ0n) is 13.0. The quantitative estimate of drug-likeness (QED) is 0.828. The van der Waals surface area contributed by atoms with Crippen molar-refractivity contribution in [1.29, 1.82) is 0 Å². The number of aryl methyl sites for hydroxylation is 1. The van der Waals surface area contributed by atoms with E-state index in [9.17, 15) is 18.0 Å². The van der Waals surface area contributed by atoms with Crippen molar-refractivity contribution < 1.29 is 22.7 Å². The number of carbonyl (C=O) groups excluding carboxylic acids is 1. The number of nitrogens with zero attached hydrogens (tertiary/aromatic N) is 1. The Hall–Kier alpha value is -2.15. The van der Waals surface area contributed by atoms with Gasteiger partial charge in [0.1, 0.15) is 11.2 Å². The van der Waals surface area contributed by atoms with Crippen LogP contribution in [0.4, 0.5) is 18.9 Å². The summed E-state index contributed by atoms with van der Waals surface area (Å²) >= 11 is 1.23. The minimum absolute atomic E-state index is 0.149. The minimum atomic E-state index is -0.844. The van der Waals surface area contributed by atoms with Gasteiger partial charge in [-0.2, -0.15) is 0 Å². The first kappa shape index (κ1) is 16.7. The fraction of sp³-hybridized carbons (Fsp3) is 0.235. The van der Waals surface area contributed by atoms with Crippen LogP contribution < -0.4 is 9.64 Å². The SMILES string of the molecule is COc1c(F)cc(C2SCC(=O)N2c2cc(F)ccc2C)cc1F. The maximum absolute atomic E-state index is 14.0. The molecule has 1 fully saturated rings. The highest BCUT2D eigenvalue weighted by Gasteiger charge is 2.36. The number of hydrogen-bond acceptors (Lipinski definition) is 3. The van der Waals surface area contributed by atoms with Crippen LogP contribution in [0.3, 0.4) is 0 Å². The first-order chi connectivity index (χ1) is 11.4. The zero-order valence-corrected chi connectivity index (χ0v) is 13.8. The van der Waals surface area contributed by atoms with Gasteiger partial charge in [-0.05, 0) is 42.3 Å². The number of amides is 1. The van der Waals surface area contributed by atoms with E-state index in [1.165, 1.54) is 35.9 Å². The number of carbonyl (C=O) groups is 1. The van der Waals surface area contributed by atoms with E-state index in [0.29, 0.717) is 11.3 Å². The third-order valence-corrected chi connectivity index (χ3v) is 5.02. The maximum atomic E-state index is 14.0. The Morgan fingerprint density at radius 2 is 1.83 bits per heavy atom. The molecule has 3 rings (SSSR count). The van der Waals surface area contributed by atoms with Gasteiger partial charge in [-0.25, -0.2) is 13.2 Å². The van der Waals surface area contributed by atoms with Crippen molar-refractivity contribution in [1.82, 2.24) is 0 Å². The summed E-state index contributed by atoms with van der Waals surface area (Å²) in [6.45, 7) is 1.75. The predicted octanol–water partition coefficient (Wildman–Crippen LogP) is 4.20. The van der Waals surface area contributed by atoms with Crippen molar-refractivity contribution in [2.24, 2.45) is 0 Å². The van der Waals surface area contributed by atoms with Crippen LogP contribution in [0.15, 0.2) is 30.3 Å². The number of halogens is 3. The lowest BCUT2D eigenvalue weighted by atomic mass is 10.1. The highest BCUT2D eigenvalue weighted by molar-refractivity contribution is 8.00. The Bertz CT molecular complexity index is 789. The highest BCUT2D eigenvalue weighted by Crippen LogP contribution is 2.44. The molecule has 0 bridgehead atoms. The number of anilines is 1. The minimum Gasteiger partial charge on any atom is -0.491 e. The smallest absolute Gasteiger partial charge is 0.238 e. The van der Waals surface area contributed by atoms with E-state index in [1.807, 2.05) is 0 Å². The molecule has 3 nitrogen and oxygen atoms in total. The Balaban J connectivity index is 2.07. The van der Waals surface area contributed by atoms with E-state index in [-0.39, 0.29) is 17.2 Å². The molecule has 0 radical (unpaired) electrons. The largest absolute Gasteiger partial charge is 0.491 e. The van der Waals surface area contributed by atoms with Crippen LogP contribution in [0, 0.1) is 24.4 Å². The summed E-state index contributed by atoms with van der Waals surface area (Å²) in [5.74, 6) is -2.73. The third-order valence-electron chi connectivity index (χ3n) is 3.81. The van der Waals surface area contributed by atoms with Crippen molar-refractivity contribution >= 4 is 23.4 Å². The van der Waals surface area contributed by atoms with Crippen LogP contribution in [0.2, 0.25) is 0 Å². The van der Waals surface area contributed by atoms with E-state index in [2.05, 4.69) is 4.74 Å². The van der Waals surface area contributed by atoms with Crippen molar-refractivity contribution in [2.45, 2.75) is 12.3 Å². The van der Waals surface area contributed by atoms with Crippen molar-refractivity contribution in [3.63, 3.8) is 0 Å². The van der Waals surface area contributed by atoms with Crippen LogP contribution in [-0.4, -0.2) is 18.8 Å². The third kappa shape index (κ3) is 2.84. The normalized spacial score (nSPS) is 17.5. The summed E-state index contributed by atoms with van der Waals surface area (Å²) in [4.78, 5) is 13.7.